The molecule has 2 heteroatoms. The minimum Gasteiger partial charge on any atom is -0.322 e. The Morgan fingerprint density at radius 1 is 1.11 bits per heavy atom. The largest absolute Gasteiger partial charge is 0.322 e. The second-order valence-corrected chi connectivity index (χ2v) is 6.30. The average molecular weight is 260 g/mol. The van der Waals surface area contributed by atoms with E-state index in [0.29, 0.717) is 0 Å². The Hall–Kier alpha value is -0.860. The maximum Gasteiger partial charge on any atom is 0.0482 e. The van der Waals surface area contributed by atoms with E-state index in [4.69, 9.17) is 5.73 Å². The van der Waals surface area contributed by atoms with Crippen molar-refractivity contribution in [2.75, 3.05) is 14.1 Å². The molecule has 0 spiro atoms. The fraction of sp³-hybridized carbons (Fsp3) is 0.647. The first kappa shape index (κ1) is 14.5. The topological polar surface area (TPSA) is 29.3 Å². The standard InChI is InChI=1S/C17H28N2/c1-14-9-8-10-15(13-14)16(18)17(19(2)3)11-6-4-5-7-12-17/h8-10,13,16H,4-7,11-12,18H2,1-3H3. The first-order chi connectivity index (χ1) is 9.06. The molecule has 19 heavy (non-hydrogen) atoms. The van der Waals surface area contributed by atoms with Crippen LogP contribution in [0.4, 0.5) is 0 Å². The zero-order chi connectivity index (χ0) is 13.9. The predicted molar refractivity (Wildman–Crippen MR) is 82.2 cm³/mol. The van der Waals surface area contributed by atoms with Crippen molar-refractivity contribution in [3.63, 3.8) is 0 Å². The summed E-state index contributed by atoms with van der Waals surface area (Å²) in [6.07, 6.45) is 7.76. The van der Waals surface area contributed by atoms with E-state index in [0.717, 1.165) is 0 Å². The van der Waals surface area contributed by atoms with Gasteiger partial charge in [-0.15, -0.1) is 0 Å². The van der Waals surface area contributed by atoms with E-state index in [1.165, 1.54) is 49.7 Å². The first-order valence-electron chi connectivity index (χ1n) is 7.56. The molecule has 0 bridgehead atoms. The third-order valence-electron chi connectivity index (χ3n) is 4.84. The Bertz CT molecular complexity index is 403. The van der Waals surface area contributed by atoms with Gasteiger partial charge in [0.1, 0.15) is 0 Å². The van der Waals surface area contributed by atoms with Crippen molar-refractivity contribution < 1.29 is 0 Å². The van der Waals surface area contributed by atoms with E-state index in [-0.39, 0.29) is 11.6 Å². The fourth-order valence-corrected chi connectivity index (χ4v) is 3.55. The molecular weight excluding hydrogens is 232 g/mol. The Kier molecular flexibility index (Phi) is 4.64. The van der Waals surface area contributed by atoms with Crippen LogP contribution in [0.3, 0.4) is 0 Å². The highest BCUT2D eigenvalue weighted by Crippen LogP contribution is 2.39. The number of aryl methyl sites for hydroxylation is 1. The maximum atomic E-state index is 6.70. The zero-order valence-corrected chi connectivity index (χ0v) is 12.7. The Morgan fingerprint density at radius 2 is 1.74 bits per heavy atom. The molecule has 2 N–H and O–H groups in total. The van der Waals surface area contributed by atoms with Gasteiger partial charge in [0.05, 0.1) is 0 Å². The van der Waals surface area contributed by atoms with E-state index in [9.17, 15) is 0 Å². The second-order valence-electron chi connectivity index (χ2n) is 6.30. The minimum absolute atomic E-state index is 0.112. The van der Waals surface area contributed by atoms with Gasteiger partial charge >= 0.3 is 0 Å². The van der Waals surface area contributed by atoms with E-state index < -0.39 is 0 Å². The van der Waals surface area contributed by atoms with Gasteiger partial charge in [-0.2, -0.15) is 0 Å². The summed E-state index contributed by atoms with van der Waals surface area (Å²) in [4.78, 5) is 2.38. The van der Waals surface area contributed by atoms with Crippen molar-refractivity contribution in [3.8, 4) is 0 Å². The normalized spacial score (nSPS) is 21.1. The Balaban J connectivity index is 2.32. The van der Waals surface area contributed by atoms with Gasteiger partial charge in [-0.1, -0.05) is 55.5 Å². The monoisotopic (exact) mass is 260 g/mol. The summed E-state index contributed by atoms with van der Waals surface area (Å²) < 4.78 is 0. The molecule has 0 aliphatic heterocycles. The molecule has 1 aromatic carbocycles. The van der Waals surface area contributed by atoms with Gasteiger partial charge < -0.3 is 10.6 Å². The van der Waals surface area contributed by atoms with Crippen LogP contribution in [0.2, 0.25) is 0 Å². The van der Waals surface area contributed by atoms with Crippen LogP contribution >= 0.6 is 0 Å². The molecule has 1 aliphatic carbocycles. The molecule has 1 aliphatic rings. The van der Waals surface area contributed by atoms with Crippen molar-refractivity contribution in [2.45, 2.75) is 57.0 Å². The van der Waals surface area contributed by atoms with Crippen molar-refractivity contribution >= 4 is 0 Å². The maximum absolute atomic E-state index is 6.70. The predicted octanol–water partition coefficient (Wildman–Crippen LogP) is 3.65. The SMILES string of the molecule is Cc1cccc(C(N)C2(N(C)C)CCCCCC2)c1. The van der Waals surface area contributed by atoms with Gasteiger partial charge in [-0.05, 0) is 39.4 Å². The molecule has 0 amide bonds. The molecule has 1 unspecified atom stereocenters. The number of hydrogen-bond acceptors (Lipinski definition) is 2. The van der Waals surface area contributed by atoms with Crippen LogP contribution in [0.5, 0.6) is 0 Å². The highest BCUT2D eigenvalue weighted by Gasteiger charge is 2.39. The lowest BCUT2D eigenvalue weighted by Gasteiger charge is -2.44. The Morgan fingerprint density at radius 3 is 2.26 bits per heavy atom. The number of likely N-dealkylation sites (N-methyl/N-ethyl adjacent to an activating group) is 1. The lowest BCUT2D eigenvalue weighted by molar-refractivity contribution is 0.0969. The van der Waals surface area contributed by atoms with Crippen LogP contribution in [0, 0.1) is 6.92 Å². The van der Waals surface area contributed by atoms with Crippen LogP contribution in [-0.2, 0) is 0 Å². The van der Waals surface area contributed by atoms with Gasteiger partial charge in [-0.25, -0.2) is 0 Å². The number of benzene rings is 1. The highest BCUT2D eigenvalue weighted by molar-refractivity contribution is 5.28. The molecule has 2 nitrogen and oxygen atoms in total. The molecule has 1 atom stereocenters. The van der Waals surface area contributed by atoms with Gasteiger partial charge in [0, 0.05) is 11.6 Å². The third kappa shape index (κ3) is 3.01. The summed E-state index contributed by atoms with van der Waals surface area (Å²) in [6, 6.07) is 8.82. The molecule has 0 radical (unpaired) electrons. The summed E-state index contributed by atoms with van der Waals surface area (Å²) in [6.45, 7) is 2.14. The summed E-state index contributed by atoms with van der Waals surface area (Å²) in [7, 11) is 4.39. The van der Waals surface area contributed by atoms with Crippen LogP contribution < -0.4 is 5.73 Å². The Labute approximate surface area is 118 Å². The van der Waals surface area contributed by atoms with Crippen molar-refractivity contribution in [1.82, 2.24) is 4.90 Å². The zero-order valence-electron chi connectivity index (χ0n) is 12.7. The molecule has 1 aromatic rings. The van der Waals surface area contributed by atoms with Crippen molar-refractivity contribution in [3.05, 3.63) is 35.4 Å². The minimum atomic E-state index is 0.112. The second kappa shape index (κ2) is 6.06. The quantitative estimate of drug-likeness (QED) is 0.841. The first-order valence-corrected chi connectivity index (χ1v) is 7.56. The molecule has 0 aromatic heterocycles. The molecule has 2 rings (SSSR count). The van der Waals surface area contributed by atoms with Crippen molar-refractivity contribution in [1.29, 1.82) is 0 Å². The number of nitrogens with zero attached hydrogens (tertiary/aromatic N) is 1. The molecular formula is C17H28N2. The van der Waals surface area contributed by atoms with E-state index >= 15 is 0 Å². The summed E-state index contributed by atoms with van der Waals surface area (Å²) in [5.41, 5.74) is 9.42. The highest BCUT2D eigenvalue weighted by atomic mass is 15.2. The van der Waals surface area contributed by atoms with E-state index in [1.54, 1.807) is 0 Å². The molecule has 1 saturated carbocycles. The smallest absolute Gasteiger partial charge is 0.0482 e. The van der Waals surface area contributed by atoms with Crippen LogP contribution in [0.1, 0.15) is 55.7 Å². The van der Waals surface area contributed by atoms with E-state index in [2.05, 4.69) is 50.2 Å². The van der Waals surface area contributed by atoms with Gasteiger partial charge in [0.2, 0.25) is 0 Å². The summed E-state index contributed by atoms with van der Waals surface area (Å²) in [5.74, 6) is 0. The lowest BCUT2D eigenvalue weighted by Crippen LogP contribution is -2.52. The van der Waals surface area contributed by atoms with E-state index in [1.807, 2.05) is 0 Å². The van der Waals surface area contributed by atoms with Crippen molar-refractivity contribution in [2.24, 2.45) is 5.73 Å². The van der Waals surface area contributed by atoms with Crippen LogP contribution in [-0.4, -0.2) is 24.5 Å². The number of rotatable bonds is 3. The lowest BCUT2D eigenvalue weighted by atomic mass is 9.78. The van der Waals surface area contributed by atoms with Gasteiger partial charge in [-0.3, -0.25) is 0 Å². The fourth-order valence-electron chi connectivity index (χ4n) is 3.55. The summed E-state index contributed by atoms with van der Waals surface area (Å²) >= 11 is 0. The van der Waals surface area contributed by atoms with Crippen LogP contribution in [0.25, 0.3) is 0 Å². The molecule has 0 saturated heterocycles. The third-order valence-corrected chi connectivity index (χ3v) is 4.84. The summed E-state index contributed by atoms with van der Waals surface area (Å²) in [5, 5.41) is 0. The molecule has 1 fully saturated rings. The molecule has 0 heterocycles. The van der Waals surface area contributed by atoms with Gasteiger partial charge in [0.25, 0.3) is 0 Å². The average Bonchev–Trinajstić information content (AvgIpc) is 2.64. The molecule has 106 valence electrons. The number of nitrogens with two attached hydrogens (primary N) is 1. The van der Waals surface area contributed by atoms with Gasteiger partial charge in [0.15, 0.2) is 0 Å². The number of hydrogen-bond donors (Lipinski definition) is 1. The van der Waals surface area contributed by atoms with Crippen LogP contribution in [0.15, 0.2) is 24.3 Å².